The molecule has 148 valence electrons. The molecule has 28 heavy (non-hydrogen) atoms. The van der Waals surface area contributed by atoms with E-state index in [2.05, 4.69) is 34.2 Å². The predicted molar refractivity (Wildman–Crippen MR) is 111 cm³/mol. The minimum absolute atomic E-state index is 0.0176. The molecule has 1 aromatic heterocycles. The first-order valence-electron chi connectivity index (χ1n) is 9.36. The zero-order chi connectivity index (χ0) is 20.3. The second-order valence-corrected chi connectivity index (χ2v) is 8.04. The van der Waals surface area contributed by atoms with Crippen LogP contribution >= 0.6 is 15.9 Å². The fraction of sp³-hybridized carbons (Fsp3) is 0.381. The van der Waals surface area contributed by atoms with Crippen molar-refractivity contribution in [1.29, 1.82) is 0 Å². The number of allylic oxidation sites excluding steroid dienone is 1. The standard InChI is InChI=1S/C21H24BrN3O3/c1-13-21(14(2)25(24-13)18-6-3-5-16(22)12-18)15-9-10-17(11-15)23-19(26)7-4-8-20(27)28/h3,5-6,9-10,12,15,17H,4,7-8,11H2,1-2H3,(H,23,26)(H,27,28). The van der Waals surface area contributed by atoms with Crippen molar-refractivity contribution in [3.05, 3.63) is 57.8 Å². The number of aryl methyl sites for hydroxylation is 1. The molecule has 0 saturated heterocycles. The van der Waals surface area contributed by atoms with Crippen molar-refractivity contribution in [2.45, 2.75) is 51.5 Å². The van der Waals surface area contributed by atoms with Gasteiger partial charge in [-0.05, 0) is 44.9 Å². The highest BCUT2D eigenvalue weighted by Crippen LogP contribution is 2.34. The number of benzene rings is 1. The monoisotopic (exact) mass is 445 g/mol. The van der Waals surface area contributed by atoms with Crippen LogP contribution in [-0.4, -0.2) is 32.8 Å². The summed E-state index contributed by atoms with van der Waals surface area (Å²) in [6, 6.07) is 8.00. The smallest absolute Gasteiger partial charge is 0.303 e. The third kappa shape index (κ3) is 4.70. The molecule has 1 amide bonds. The van der Waals surface area contributed by atoms with Gasteiger partial charge in [-0.25, -0.2) is 4.68 Å². The Labute approximate surface area is 172 Å². The zero-order valence-corrected chi connectivity index (χ0v) is 17.6. The van der Waals surface area contributed by atoms with Gasteiger partial charge in [-0.3, -0.25) is 9.59 Å². The van der Waals surface area contributed by atoms with Gasteiger partial charge in [-0.2, -0.15) is 5.10 Å². The normalized spacial score (nSPS) is 18.4. The second kappa shape index (κ2) is 8.73. The van der Waals surface area contributed by atoms with Crippen LogP contribution in [0.1, 0.15) is 48.6 Å². The first-order valence-corrected chi connectivity index (χ1v) is 10.2. The summed E-state index contributed by atoms with van der Waals surface area (Å²) in [6.07, 6.45) is 5.55. The Bertz CT molecular complexity index is 920. The summed E-state index contributed by atoms with van der Waals surface area (Å²) in [5.41, 5.74) is 4.28. The maximum Gasteiger partial charge on any atom is 0.303 e. The molecule has 0 fully saturated rings. The van der Waals surface area contributed by atoms with E-state index in [1.54, 1.807) is 0 Å². The lowest BCUT2D eigenvalue weighted by atomic mass is 9.96. The van der Waals surface area contributed by atoms with Crippen molar-refractivity contribution in [3.63, 3.8) is 0 Å². The quantitative estimate of drug-likeness (QED) is 0.629. The molecule has 6 nitrogen and oxygen atoms in total. The van der Waals surface area contributed by atoms with Crippen LogP contribution in [0.15, 0.2) is 40.9 Å². The molecule has 2 unspecified atom stereocenters. The maximum absolute atomic E-state index is 12.0. The van der Waals surface area contributed by atoms with Crippen molar-refractivity contribution in [3.8, 4) is 5.69 Å². The minimum atomic E-state index is -0.873. The van der Waals surface area contributed by atoms with Crippen LogP contribution in [0.3, 0.4) is 0 Å². The van der Waals surface area contributed by atoms with Crippen molar-refractivity contribution in [2.75, 3.05) is 0 Å². The molecule has 2 N–H and O–H groups in total. The third-order valence-electron chi connectivity index (χ3n) is 5.00. The van der Waals surface area contributed by atoms with Gasteiger partial charge in [0.2, 0.25) is 5.91 Å². The van der Waals surface area contributed by atoms with Gasteiger partial charge in [0.25, 0.3) is 0 Å². The highest BCUT2D eigenvalue weighted by Gasteiger charge is 2.27. The van der Waals surface area contributed by atoms with Crippen LogP contribution in [0.5, 0.6) is 0 Å². The Kier molecular flexibility index (Phi) is 6.34. The minimum Gasteiger partial charge on any atom is -0.481 e. The van der Waals surface area contributed by atoms with Crippen LogP contribution in [0, 0.1) is 13.8 Å². The van der Waals surface area contributed by atoms with Crippen molar-refractivity contribution in [1.82, 2.24) is 15.1 Å². The molecule has 2 aromatic rings. The molecule has 3 rings (SSSR count). The molecule has 7 heteroatoms. The number of nitrogens with zero attached hydrogens (tertiary/aromatic N) is 2. The molecule has 1 aromatic carbocycles. The van der Waals surface area contributed by atoms with Gasteiger partial charge in [0.1, 0.15) is 0 Å². The van der Waals surface area contributed by atoms with Crippen molar-refractivity contribution < 1.29 is 14.7 Å². The van der Waals surface area contributed by atoms with Gasteiger partial charge >= 0.3 is 5.97 Å². The average molecular weight is 446 g/mol. The second-order valence-electron chi connectivity index (χ2n) is 7.12. The number of aliphatic carboxylic acids is 1. The van der Waals surface area contributed by atoms with Gasteiger partial charge in [-0.1, -0.05) is 34.1 Å². The number of amides is 1. The number of halogens is 1. The molecule has 1 aliphatic carbocycles. The lowest BCUT2D eigenvalue weighted by molar-refractivity contribution is -0.137. The lowest BCUT2D eigenvalue weighted by Crippen LogP contribution is -2.32. The van der Waals surface area contributed by atoms with E-state index in [0.717, 1.165) is 28.0 Å². The van der Waals surface area contributed by atoms with Crippen LogP contribution in [-0.2, 0) is 9.59 Å². The molecule has 0 radical (unpaired) electrons. The fourth-order valence-corrected chi connectivity index (χ4v) is 4.14. The van der Waals surface area contributed by atoms with Crippen LogP contribution in [0.25, 0.3) is 5.69 Å². The number of rotatable bonds is 7. The topological polar surface area (TPSA) is 84.2 Å². The Hall–Kier alpha value is -2.41. The Balaban J connectivity index is 1.67. The van der Waals surface area contributed by atoms with Gasteiger partial charge in [0.15, 0.2) is 0 Å². The maximum atomic E-state index is 12.0. The van der Waals surface area contributed by atoms with E-state index < -0.39 is 5.97 Å². The van der Waals surface area contributed by atoms with E-state index in [1.807, 2.05) is 41.9 Å². The van der Waals surface area contributed by atoms with Crippen molar-refractivity contribution >= 4 is 27.8 Å². The SMILES string of the molecule is Cc1nn(-c2cccc(Br)c2)c(C)c1C1C=CC(NC(=O)CCCC(=O)O)C1. The highest BCUT2D eigenvalue weighted by atomic mass is 79.9. The summed E-state index contributed by atoms with van der Waals surface area (Å²) in [4.78, 5) is 22.6. The summed E-state index contributed by atoms with van der Waals surface area (Å²) < 4.78 is 2.96. The van der Waals surface area contributed by atoms with Crippen LogP contribution in [0.4, 0.5) is 0 Å². The third-order valence-corrected chi connectivity index (χ3v) is 5.49. The predicted octanol–water partition coefficient (Wildman–Crippen LogP) is 4.03. The highest BCUT2D eigenvalue weighted by molar-refractivity contribution is 9.10. The lowest BCUT2D eigenvalue weighted by Gasteiger charge is -2.15. The number of carbonyl (C=O) groups excluding carboxylic acids is 1. The Morgan fingerprint density at radius 1 is 1.29 bits per heavy atom. The Morgan fingerprint density at radius 3 is 2.79 bits per heavy atom. The van der Waals surface area contributed by atoms with E-state index in [4.69, 9.17) is 10.2 Å². The number of hydrogen-bond acceptors (Lipinski definition) is 3. The zero-order valence-electron chi connectivity index (χ0n) is 16.0. The first kappa shape index (κ1) is 20.3. The van der Waals surface area contributed by atoms with E-state index in [1.165, 1.54) is 5.56 Å². The molecule has 0 saturated carbocycles. The number of hydrogen-bond donors (Lipinski definition) is 2. The van der Waals surface area contributed by atoms with E-state index >= 15 is 0 Å². The van der Waals surface area contributed by atoms with Crippen molar-refractivity contribution in [2.24, 2.45) is 0 Å². The van der Waals surface area contributed by atoms with Crippen LogP contribution < -0.4 is 5.32 Å². The molecular weight excluding hydrogens is 422 g/mol. The summed E-state index contributed by atoms with van der Waals surface area (Å²) in [7, 11) is 0. The average Bonchev–Trinajstić information content (AvgIpc) is 3.18. The van der Waals surface area contributed by atoms with E-state index in [9.17, 15) is 9.59 Å². The van der Waals surface area contributed by atoms with Gasteiger partial charge in [0, 0.05) is 40.5 Å². The fourth-order valence-electron chi connectivity index (χ4n) is 3.75. The Morgan fingerprint density at radius 2 is 2.07 bits per heavy atom. The molecule has 2 atom stereocenters. The van der Waals surface area contributed by atoms with Gasteiger partial charge in [-0.15, -0.1) is 0 Å². The molecule has 0 aliphatic heterocycles. The molecule has 1 heterocycles. The number of carboxylic acid groups (broad SMARTS) is 1. The summed E-state index contributed by atoms with van der Waals surface area (Å²) in [5, 5.41) is 16.4. The van der Waals surface area contributed by atoms with Gasteiger partial charge in [0.05, 0.1) is 11.4 Å². The molecule has 0 bridgehead atoms. The van der Waals surface area contributed by atoms with E-state index in [-0.39, 0.29) is 30.7 Å². The number of carboxylic acids is 1. The molecule has 1 aliphatic rings. The first-order chi connectivity index (χ1) is 13.3. The molecule has 0 spiro atoms. The number of nitrogens with one attached hydrogen (secondary N) is 1. The summed E-state index contributed by atoms with van der Waals surface area (Å²) in [5.74, 6) is -0.776. The largest absolute Gasteiger partial charge is 0.481 e. The van der Waals surface area contributed by atoms with Crippen LogP contribution in [0.2, 0.25) is 0 Å². The van der Waals surface area contributed by atoms with E-state index in [0.29, 0.717) is 6.42 Å². The van der Waals surface area contributed by atoms with Gasteiger partial charge < -0.3 is 10.4 Å². The molecular formula is C21H24BrN3O3. The summed E-state index contributed by atoms with van der Waals surface area (Å²) >= 11 is 3.51. The summed E-state index contributed by atoms with van der Waals surface area (Å²) in [6.45, 7) is 4.09. The number of carbonyl (C=O) groups is 2. The number of aromatic nitrogens is 2.